The molecule has 0 saturated carbocycles. The number of hydrogen-bond acceptors (Lipinski definition) is 8. The highest BCUT2D eigenvalue weighted by atomic mass is 35.5. The number of rotatable bonds is 9. The van der Waals surface area contributed by atoms with E-state index in [1.54, 1.807) is 17.5 Å². The van der Waals surface area contributed by atoms with E-state index in [0.717, 1.165) is 67.5 Å². The molecule has 0 bridgehead atoms. The van der Waals surface area contributed by atoms with Gasteiger partial charge >= 0.3 is 5.97 Å². The Labute approximate surface area is 296 Å². The predicted molar refractivity (Wildman–Crippen MR) is 194 cm³/mol. The summed E-state index contributed by atoms with van der Waals surface area (Å²) >= 11 is 8.37. The summed E-state index contributed by atoms with van der Waals surface area (Å²) in [7, 11) is 3.81. The monoisotopic (exact) mass is 694 g/mol. The molecule has 2 aromatic heterocycles. The minimum Gasteiger partial charge on any atom is -0.481 e. The second-order valence-electron chi connectivity index (χ2n) is 13.1. The lowest BCUT2D eigenvalue weighted by molar-refractivity contribution is -0.141. The lowest BCUT2D eigenvalue weighted by Gasteiger charge is -2.27. The van der Waals surface area contributed by atoms with Gasteiger partial charge in [0.15, 0.2) is 0 Å². The molecule has 252 valence electrons. The number of likely N-dealkylation sites (N-methyl/N-ethyl adjacent to an activating group) is 1. The van der Waals surface area contributed by atoms with Crippen molar-refractivity contribution in [2.24, 2.45) is 5.92 Å². The van der Waals surface area contributed by atoms with Gasteiger partial charge in [-0.1, -0.05) is 41.9 Å². The van der Waals surface area contributed by atoms with Crippen LogP contribution in [0.4, 0.5) is 0 Å². The van der Waals surface area contributed by atoms with Crippen molar-refractivity contribution in [2.45, 2.75) is 39.8 Å². The van der Waals surface area contributed by atoms with Crippen molar-refractivity contribution in [3.8, 4) is 27.8 Å². The molecule has 49 heavy (non-hydrogen) atoms. The van der Waals surface area contributed by atoms with Crippen molar-refractivity contribution in [3.05, 3.63) is 91.7 Å². The van der Waals surface area contributed by atoms with E-state index < -0.39 is 5.97 Å². The van der Waals surface area contributed by atoms with E-state index in [4.69, 9.17) is 16.6 Å². The Hall–Kier alpha value is -4.40. The summed E-state index contributed by atoms with van der Waals surface area (Å²) in [6.45, 7) is 7.67. The van der Waals surface area contributed by atoms with Gasteiger partial charge in [0.1, 0.15) is 11.1 Å². The topological polar surface area (TPSA) is 114 Å². The average Bonchev–Trinajstić information content (AvgIpc) is 3.72. The number of carbonyl (C=O) groups is 2. The van der Waals surface area contributed by atoms with Crippen LogP contribution >= 0.6 is 22.9 Å². The molecule has 1 saturated heterocycles. The second kappa shape index (κ2) is 14.6. The summed E-state index contributed by atoms with van der Waals surface area (Å²) in [6, 6.07) is 14.3. The third-order valence-corrected chi connectivity index (χ3v) is 10.8. The van der Waals surface area contributed by atoms with Gasteiger partial charge in [-0.3, -0.25) is 19.5 Å². The van der Waals surface area contributed by atoms with E-state index in [-0.39, 0.29) is 11.8 Å². The van der Waals surface area contributed by atoms with Crippen molar-refractivity contribution < 1.29 is 14.7 Å². The van der Waals surface area contributed by atoms with E-state index in [1.165, 1.54) is 0 Å². The highest BCUT2D eigenvalue weighted by Gasteiger charge is 2.28. The number of aliphatic carboxylic acids is 1. The summed E-state index contributed by atoms with van der Waals surface area (Å²) in [5.74, 6) is -0.938. The smallest absolute Gasteiger partial charge is 0.307 e. The second-order valence-corrected chi connectivity index (χ2v) is 14.6. The lowest BCUT2D eigenvalue weighted by Crippen LogP contribution is -2.40. The van der Waals surface area contributed by atoms with Gasteiger partial charge < -0.3 is 14.9 Å². The van der Waals surface area contributed by atoms with Crippen LogP contribution in [0.3, 0.4) is 0 Å². The highest BCUT2D eigenvalue weighted by Crippen LogP contribution is 2.38. The minimum atomic E-state index is -0.740. The molecular formula is C38H39ClN6O3S. The first-order chi connectivity index (χ1) is 23.5. The number of thiazole rings is 1. The van der Waals surface area contributed by atoms with Gasteiger partial charge in [-0.05, 0) is 86.9 Å². The van der Waals surface area contributed by atoms with Gasteiger partial charge in [0, 0.05) is 53.3 Å². The maximum absolute atomic E-state index is 12.7. The Kier molecular flexibility index (Phi) is 10.3. The summed E-state index contributed by atoms with van der Waals surface area (Å²) in [5.41, 5.74) is 8.78. The molecule has 0 aliphatic carbocycles. The number of nitrogens with zero attached hydrogens (tertiary/aromatic N) is 6. The first-order valence-corrected chi connectivity index (χ1v) is 17.5. The number of benzene rings is 2. The number of aromatic nitrogens is 2. The molecule has 0 unspecified atom stereocenters. The summed E-state index contributed by atoms with van der Waals surface area (Å²) < 4.78 is 0. The van der Waals surface area contributed by atoms with Gasteiger partial charge in [-0.25, -0.2) is 4.98 Å². The molecule has 11 heteroatoms. The minimum absolute atomic E-state index is 0.125. The lowest BCUT2D eigenvalue weighted by atomic mass is 9.93. The Morgan fingerprint density at radius 2 is 1.94 bits per heavy atom. The number of likely N-dealkylation sites (tertiary alicyclic amines) is 1. The van der Waals surface area contributed by atoms with Crippen molar-refractivity contribution >= 4 is 47.0 Å². The number of carboxylic acid groups (broad SMARTS) is 1. The summed E-state index contributed by atoms with van der Waals surface area (Å²) in [4.78, 5) is 40.7. The van der Waals surface area contributed by atoms with E-state index >= 15 is 0 Å². The Bertz CT molecular complexity index is 2000. The first kappa shape index (κ1) is 34.5. The maximum atomic E-state index is 12.7. The van der Waals surface area contributed by atoms with Crippen LogP contribution in [0.1, 0.15) is 50.5 Å². The van der Waals surface area contributed by atoms with Crippen LogP contribution in [0.15, 0.2) is 42.6 Å². The molecule has 1 atom stereocenters. The number of pyridine rings is 1. The van der Waals surface area contributed by atoms with Crippen LogP contribution in [-0.4, -0.2) is 81.9 Å². The molecule has 4 heterocycles. The fraction of sp³-hybridized carbons (Fsp3) is 0.342. The summed E-state index contributed by atoms with van der Waals surface area (Å²) in [5, 5.41) is 21.2. The maximum Gasteiger partial charge on any atom is 0.307 e. The molecule has 6 rings (SSSR count). The Balaban J connectivity index is 1.24. The highest BCUT2D eigenvalue weighted by molar-refractivity contribution is 7.15. The fourth-order valence-electron chi connectivity index (χ4n) is 6.63. The fourth-order valence-corrected chi connectivity index (χ4v) is 8.09. The van der Waals surface area contributed by atoms with Crippen LogP contribution < -0.4 is 0 Å². The molecule has 1 fully saturated rings. The van der Waals surface area contributed by atoms with Crippen LogP contribution in [0.2, 0.25) is 5.02 Å². The molecular weight excluding hydrogens is 656 g/mol. The number of amides is 1. The zero-order chi connectivity index (χ0) is 34.8. The molecule has 4 aromatic rings. The molecule has 0 radical (unpaired) electrons. The molecule has 0 spiro atoms. The molecule has 2 aliphatic heterocycles. The van der Waals surface area contributed by atoms with E-state index in [2.05, 4.69) is 28.9 Å². The van der Waals surface area contributed by atoms with Crippen molar-refractivity contribution in [3.63, 3.8) is 0 Å². The largest absolute Gasteiger partial charge is 0.481 e. The number of hydrogen-bond donors (Lipinski definition) is 1. The number of carbonyl (C=O) groups excluding carboxylic acids is 1. The van der Waals surface area contributed by atoms with Gasteiger partial charge in [-0.2, -0.15) is 5.26 Å². The molecule has 1 N–H and O–H groups in total. The van der Waals surface area contributed by atoms with Gasteiger partial charge in [0.2, 0.25) is 5.91 Å². The molecule has 2 aromatic carbocycles. The number of aryl methyl sites for hydroxylation is 1. The zero-order valence-corrected chi connectivity index (χ0v) is 29.7. The summed E-state index contributed by atoms with van der Waals surface area (Å²) in [6.07, 6.45) is 6.84. The van der Waals surface area contributed by atoms with Gasteiger partial charge in [-0.15, -0.1) is 11.3 Å². The molecule has 1 amide bonds. The van der Waals surface area contributed by atoms with Crippen molar-refractivity contribution in [1.29, 1.82) is 5.26 Å². The SMILES string of the molecule is Cc1cc(/C=C/c2nccc(-c3cccc(-c4nc5c(s4)CN(C(=O)CN(C)C)CC5)c3C)c2C#N)c(Cl)cc1CN1CC[C@@H](C(=O)O)C1. The third kappa shape index (κ3) is 7.46. The number of nitriles is 1. The van der Waals surface area contributed by atoms with E-state index in [9.17, 15) is 20.0 Å². The number of halogens is 1. The Morgan fingerprint density at radius 3 is 2.67 bits per heavy atom. The van der Waals surface area contributed by atoms with Crippen LogP contribution in [0.25, 0.3) is 33.9 Å². The standard InChI is InChI=1S/C38H39ClN6O3S/c1-23-16-25(32(39)17-27(23)20-44-14-11-26(19-44)38(47)48)8-9-33-31(18-40)30(10-13-41-33)28-6-5-7-29(24(28)2)37-42-34-12-15-45(21-35(34)49-37)36(46)22-43(3)4/h5-10,13,16-17,26H,11-12,14-15,19-22H2,1-4H3,(H,47,48)/b9-8+/t26-/m1/s1. The van der Waals surface area contributed by atoms with Gasteiger partial charge in [0.05, 0.1) is 36.0 Å². The first-order valence-electron chi connectivity index (χ1n) is 16.3. The van der Waals surface area contributed by atoms with Crippen molar-refractivity contribution in [1.82, 2.24) is 24.7 Å². The molecule has 9 nitrogen and oxygen atoms in total. The van der Waals surface area contributed by atoms with E-state index in [0.29, 0.717) is 55.4 Å². The number of fused-ring (bicyclic) bond motifs is 1. The quantitative estimate of drug-likeness (QED) is 0.210. The van der Waals surface area contributed by atoms with Crippen LogP contribution in [0, 0.1) is 31.1 Å². The number of carboxylic acids is 1. The van der Waals surface area contributed by atoms with Gasteiger partial charge in [0.25, 0.3) is 0 Å². The normalized spacial score (nSPS) is 16.3. The van der Waals surface area contributed by atoms with E-state index in [1.807, 2.05) is 73.3 Å². The predicted octanol–water partition coefficient (Wildman–Crippen LogP) is 6.54. The average molecular weight is 695 g/mol. The third-order valence-electron chi connectivity index (χ3n) is 9.37. The van der Waals surface area contributed by atoms with Crippen molar-refractivity contribution in [2.75, 3.05) is 40.3 Å². The zero-order valence-electron chi connectivity index (χ0n) is 28.2. The van der Waals surface area contributed by atoms with Crippen LogP contribution in [-0.2, 0) is 29.1 Å². The Morgan fingerprint density at radius 1 is 1.14 bits per heavy atom. The molecule has 2 aliphatic rings. The van der Waals surface area contributed by atoms with Crippen LogP contribution in [0.5, 0.6) is 0 Å².